The Morgan fingerprint density at radius 3 is 2.50 bits per heavy atom. The third-order valence-corrected chi connectivity index (χ3v) is 7.46. The van der Waals surface area contributed by atoms with E-state index in [2.05, 4.69) is 9.88 Å². The van der Waals surface area contributed by atoms with Crippen molar-refractivity contribution in [1.82, 2.24) is 19.7 Å². The van der Waals surface area contributed by atoms with Gasteiger partial charge in [-0.05, 0) is 44.5 Å². The van der Waals surface area contributed by atoms with Gasteiger partial charge in [0.25, 0.3) is 5.91 Å². The van der Waals surface area contributed by atoms with Crippen molar-refractivity contribution in [3.63, 3.8) is 0 Å². The van der Waals surface area contributed by atoms with Crippen molar-refractivity contribution in [2.24, 2.45) is 5.92 Å². The zero-order valence-electron chi connectivity index (χ0n) is 16.5. The Labute approximate surface area is 183 Å². The van der Waals surface area contributed by atoms with Gasteiger partial charge in [-0.1, -0.05) is 23.2 Å². The summed E-state index contributed by atoms with van der Waals surface area (Å²) in [5.41, 5.74) is 0.696. The van der Waals surface area contributed by atoms with Crippen LogP contribution in [0.1, 0.15) is 29.8 Å². The minimum absolute atomic E-state index is 0.104. The average Bonchev–Trinajstić information content (AvgIpc) is 3.42. The minimum Gasteiger partial charge on any atom is -0.349 e. The van der Waals surface area contributed by atoms with E-state index in [4.69, 9.17) is 23.2 Å². The fraction of sp³-hybridized carbons (Fsp3) is 0.524. The number of aromatic nitrogens is 1. The van der Waals surface area contributed by atoms with Crippen LogP contribution < -0.4 is 0 Å². The molecule has 30 heavy (non-hydrogen) atoms. The minimum atomic E-state index is -0.585. The molecule has 1 aromatic carbocycles. The Bertz CT molecular complexity index is 1020. The molecule has 1 unspecified atom stereocenters. The van der Waals surface area contributed by atoms with Gasteiger partial charge in [-0.3, -0.25) is 14.5 Å². The molecule has 0 bridgehead atoms. The first kappa shape index (κ1) is 20.1. The summed E-state index contributed by atoms with van der Waals surface area (Å²) in [7, 11) is 0. The molecule has 5 rings (SSSR count). The van der Waals surface area contributed by atoms with E-state index in [9.17, 15) is 14.0 Å². The zero-order valence-corrected chi connectivity index (χ0v) is 18.0. The summed E-state index contributed by atoms with van der Waals surface area (Å²) in [6, 6.07) is 3.23. The molecule has 6 nitrogen and oxygen atoms in total. The maximum atomic E-state index is 13.8. The van der Waals surface area contributed by atoms with Gasteiger partial charge in [-0.15, -0.1) is 0 Å². The van der Waals surface area contributed by atoms with Crippen LogP contribution in [-0.4, -0.2) is 76.8 Å². The number of nitrogens with zero attached hydrogens (tertiary/aromatic N) is 3. The van der Waals surface area contributed by atoms with Crippen molar-refractivity contribution >= 4 is 45.9 Å². The molecule has 2 atom stereocenters. The summed E-state index contributed by atoms with van der Waals surface area (Å²) < 4.78 is 13.8. The lowest BCUT2D eigenvalue weighted by Crippen LogP contribution is -2.47. The number of fused-ring (bicyclic) bond motifs is 1. The predicted molar refractivity (Wildman–Crippen MR) is 113 cm³/mol. The van der Waals surface area contributed by atoms with Crippen molar-refractivity contribution < 1.29 is 14.0 Å². The van der Waals surface area contributed by atoms with Gasteiger partial charge in [0, 0.05) is 43.1 Å². The molecule has 3 aliphatic rings. The number of H-pyrrole nitrogens is 1. The van der Waals surface area contributed by atoms with E-state index in [1.165, 1.54) is 18.6 Å². The fourth-order valence-corrected chi connectivity index (χ4v) is 5.47. The van der Waals surface area contributed by atoms with Crippen molar-refractivity contribution in [1.29, 1.82) is 0 Å². The second kappa shape index (κ2) is 7.70. The second-order valence-corrected chi connectivity index (χ2v) is 9.21. The molecular formula is C21H23Cl2FN4O2. The third-order valence-electron chi connectivity index (χ3n) is 6.71. The first-order chi connectivity index (χ1) is 14.4. The van der Waals surface area contributed by atoms with Crippen LogP contribution in [0.25, 0.3) is 10.9 Å². The number of nitrogens with one attached hydrogen (secondary N) is 1. The second-order valence-electron chi connectivity index (χ2n) is 8.45. The van der Waals surface area contributed by atoms with Crippen molar-refractivity contribution in [3.8, 4) is 0 Å². The molecule has 1 N–H and O–H groups in total. The number of likely N-dealkylation sites (tertiary alicyclic amines) is 3. The van der Waals surface area contributed by atoms with E-state index in [0.717, 1.165) is 32.6 Å². The molecule has 1 aromatic heterocycles. The maximum absolute atomic E-state index is 13.8. The molecule has 160 valence electrons. The molecule has 3 saturated heterocycles. The molecule has 0 aliphatic carbocycles. The van der Waals surface area contributed by atoms with Crippen molar-refractivity contribution in [2.45, 2.75) is 25.3 Å². The smallest absolute Gasteiger partial charge is 0.271 e. The van der Waals surface area contributed by atoms with Gasteiger partial charge in [-0.2, -0.15) is 0 Å². The maximum Gasteiger partial charge on any atom is 0.271 e. The SMILES string of the molecule is O=C(c1[nH]c2ccc(F)c(Cl)c2c1Cl)N1CC[C@H](C(=O)N2CCC(N3CCC3)C2)C1. The molecule has 2 aromatic rings. The summed E-state index contributed by atoms with van der Waals surface area (Å²) in [4.78, 5) is 35.1. The standard InChI is InChI=1S/C21H23Cl2FN4O2/c22-17-14(24)2-3-15-16(17)18(23)19(25-15)21(30)27-8-4-12(10-27)20(29)28-9-5-13(11-28)26-6-1-7-26/h2-3,12-13,25H,1,4-11H2/t12-,13?/m0/s1. The average molecular weight is 453 g/mol. The highest BCUT2D eigenvalue weighted by molar-refractivity contribution is 6.44. The summed E-state index contributed by atoms with van der Waals surface area (Å²) in [6.07, 6.45) is 2.92. The molecular weight excluding hydrogens is 430 g/mol. The number of rotatable bonds is 3. The van der Waals surface area contributed by atoms with E-state index < -0.39 is 5.82 Å². The Hall–Kier alpha value is -1.83. The normalized spacial score (nSPS) is 24.6. The lowest BCUT2D eigenvalue weighted by atomic mass is 10.1. The molecule has 3 fully saturated rings. The molecule has 0 spiro atoms. The summed E-state index contributed by atoms with van der Waals surface area (Å²) in [5, 5.41) is 0.321. The van der Waals surface area contributed by atoms with Gasteiger partial charge < -0.3 is 14.8 Å². The Kier molecular flexibility index (Phi) is 5.16. The van der Waals surface area contributed by atoms with Crippen LogP contribution in [-0.2, 0) is 4.79 Å². The van der Waals surface area contributed by atoms with Crippen LogP contribution >= 0.6 is 23.2 Å². The number of halogens is 3. The summed E-state index contributed by atoms with van der Waals surface area (Å²) in [6.45, 7) is 4.72. The molecule has 0 radical (unpaired) electrons. The number of amides is 2. The van der Waals surface area contributed by atoms with Crippen LogP contribution in [0.5, 0.6) is 0 Å². The summed E-state index contributed by atoms with van der Waals surface area (Å²) in [5.74, 6) is -0.921. The van der Waals surface area contributed by atoms with E-state index in [-0.39, 0.29) is 33.5 Å². The number of hydrogen-bond donors (Lipinski definition) is 1. The van der Waals surface area contributed by atoms with Gasteiger partial charge in [0.15, 0.2) is 0 Å². The van der Waals surface area contributed by atoms with Crippen LogP contribution in [0, 0.1) is 11.7 Å². The van der Waals surface area contributed by atoms with Crippen LogP contribution in [0.4, 0.5) is 4.39 Å². The van der Waals surface area contributed by atoms with Gasteiger partial charge in [-0.25, -0.2) is 4.39 Å². The highest BCUT2D eigenvalue weighted by Crippen LogP contribution is 2.36. The van der Waals surface area contributed by atoms with E-state index in [0.29, 0.717) is 36.5 Å². The number of carbonyl (C=O) groups is 2. The van der Waals surface area contributed by atoms with E-state index in [1.54, 1.807) is 4.90 Å². The first-order valence-corrected chi connectivity index (χ1v) is 11.2. The fourth-order valence-electron chi connectivity index (χ4n) is 4.84. The van der Waals surface area contributed by atoms with Gasteiger partial charge in [0.1, 0.15) is 11.5 Å². The van der Waals surface area contributed by atoms with Crippen LogP contribution in [0.2, 0.25) is 10.0 Å². The van der Waals surface area contributed by atoms with E-state index in [1.807, 2.05) is 4.90 Å². The predicted octanol–water partition coefficient (Wildman–Crippen LogP) is 3.38. The lowest BCUT2D eigenvalue weighted by molar-refractivity contribution is -0.134. The molecule has 3 aliphatic heterocycles. The Morgan fingerprint density at radius 1 is 1.00 bits per heavy atom. The third kappa shape index (κ3) is 3.27. The highest BCUT2D eigenvalue weighted by Gasteiger charge is 2.39. The molecule has 0 saturated carbocycles. The van der Waals surface area contributed by atoms with Crippen molar-refractivity contribution in [3.05, 3.63) is 33.7 Å². The zero-order chi connectivity index (χ0) is 21.0. The quantitative estimate of drug-likeness (QED) is 0.776. The summed E-state index contributed by atoms with van der Waals surface area (Å²) >= 11 is 12.4. The Morgan fingerprint density at radius 2 is 1.77 bits per heavy atom. The van der Waals surface area contributed by atoms with Gasteiger partial charge in [0.2, 0.25) is 5.91 Å². The van der Waals surface area contributed by atoms with Gasteiger partial charge >= 0.3 is 0 Å². The molecule has 2 amide bonds. The van der Waals surface area contributed by atoms with Crippen LogP contribution in [0.15, 0.2) is 12.1 Å². The Balaban J connectivity index is 1.27. The van der Waals surface area contributed by atoms with Crippen molar-refractivity contribution in [2.75, 3.05) is 39.3 Å². The number of aromatic amines is 1. The van der Waals surface area contributed by atoms with Crippen LogP contribution in [0.3, 0.4) is 0 Å². The lowest BCUT2D eigenvalue weighted by Gasteiger charge is -2.36. The first-order valence-electron chi connectivity index (χ1n) is 10.4. The number of carbonyl (C=O) groups excluding carboxylic acids is 2. The number of hydrogen-bond acceptors (Lipinski definition) is 3. The molecule has 9 heteroatoms. The van der Waals surface area contributed by atoms with Gasteiger partial charge in [0.05, 0.1) is 16.0 Å². The molecule has 4 heterocycles. The number of benzene rings is 1. The monoisotopic (exact) mass is 452 g/mol. The highest BCUT2D eigenvalue weighted by atomic mass is 35.5. The largest absolute Gasteiger partial charge is 0.349 e. The van der Waals surface area contributed by atoms with E-state index >= 15 is 0 Å². The topological polar surface area (TPSA) is 59.7 Å².